The van der Waals surface area contributed by atoms with Crippen LogP contribution in [0.4, 0.5) is 0 Å². The summed E-state index contributed by atoms with van der Waals surface area (Å²) in [6, 6.07) is 0. The molecule has 1 N–H and O–H groups in total. The molecule has 0 aliphatic rings. The van der Waals surface area contributed by atoms with Crippen molar-refractivity contribution in [3.63, 3.8) is 0 Å². The number of hydrogen-bond donors (Lipinski definition) is 1. The third-order valence-electron chi connectivity index (χ3n) is 1.13. The molecule has 0 amide bonds. The van der Waals surface area contributed by atoms with Gasteiger partial charge >= 0.3 is 0 Å². The predicted molar refractivity (Wildman–Crippen MR) is 53.9 cm³/mol. The quantitative estimate of drug-likeness (QED) is 0.478. The topological polar surface area (TPSA) is 12.0 Å². The first-order valence-electron chi connectivity index (χ1n) is 4.77. The largest absolute Gasteiger partial charge is 0.314 e. The molecule has 0 radical (unpaired) electrons. The van der Waals surface area contributed by atoms with Crippen molar-refractivity contribution in [3.8, 4) is 0 Å². The third-order valence-corrected chi connectivity index (χ3v) is 1.13. The number of hydrogen-bond acceptors (Lipinski definition) is 1. The van der Waals surface area contributed by atoms with E-state index in [-0.39, 0.29) is 0 Å². The minimum atomic E-state index is 1.02. The molecule has 0 atom stereocenters. The van der Waals surface area contributed by atoms with Crippen LogP contribution >= 0.6 is 0 Å². The molecule has 0 spiro atoms. The summed E-state index contributed by atoms with van der Waals surface area (Å²) in [5.74, 6) is 0. The van der Waals surface area contributed by atoms with Crippen molar-refractivity contribution in [1.82, 2.24) is 5.32 Å². The van der Waals surface area contributed by atoms with Crippen molar-refractivity contribution in [3.05, 3.63) is 12.2 Å². The highest BCUT2D eigenvalue weighted by Gasteiger charge is 1.73. The number of nitrogens with one attached hydrogen (secondary N) is 1. The van der Waals surface area contributed by atoms with E-state index in [0.717, 1.165) is 13.1 Å². The molecule has 0 rings (SSSR count). The molecular formula is C10H23N. The van der Waals surface area contributed by atoms with Gasteiger partial charge in [-0.15, -0.1) is 0 Å². The summed E-state index contributed by atoms with van der Waals surface area (Å²) in [5, 5.41) is 3.22. The fraction of sp³-hybridized carbons (Fsp3) is 0.800. The second-order valence-electron chi connectivity index (χ2n) is 2.07. The summed E-state index contributed by atoms with van der Waals surface area (Å²) in [5.41, 5.74) is 0. The van der Waals surface area contributed by atoms with E-state index >= 15 is 0 Å². The summed E-state index contributed by atoms with van der Waals surface area (Å²) in [4.78, 5) is 0. The Balaban J connectivity index is 0. The highest BCUT2D eigenvalue weighted by atomic mass is 14.8. The molecule has 0 aliphatic heterocycles. The van der Waals surface area contributed by atoms with E-state index < -0.39 is 0 Å². The van der Waals surface area contributed by atoms with Gasteiger partial charge in [-0.2, -0.15) is 0 Å². The maximum absolute atomic E-state index is 3.22. The van der Waals surface area contributed by atoms with Gasteiger partial charge in [0.1, 0.15) is 0 Å². The normalized spacial score (nSPS) is 9.45. The van der Waals surface area contributed by atoms with E-state index in [9.17, 15) is 0 Å². The number of allylic oxidation sites excluding steroid dienone is 1. The molecule has 0 fully saturated rings. The minimum absolute atomic E-state index is 1.02. The second kappa shape index (κ2) is 16.4. The Bertz CT molecular complexity index is 67.3. The molecule has 68 valence electrons. The van der Waals surface area contributed by atoms with Gasteiger partial charge in [0.25, 0.3) is 0 Å². The molecule has 0 saturated heterocycles. The van der Waals surface area contributed by atoms with Gasteiger partial charge in [-0.25, -0.2) is 0 Å². The molecule has 0 heterocycles. The van der Waals surface area contributed by atoms with E-state index in [0.29, 0.717) is 0 Å². The van der Waals surface area contributed by atoms with Gasteiger partial charge in [0.2, 0.25) is 0 Å². The van der Waals surface area contributed by atoms with E-state index in [4.69, 9.17) is 0 Å². The highest BCUT2D eigenvalue weighted by molar-refractivity contribution is 4.82. The van der Waals surface area contributed by atoms with E-state index in [1.54, 1.807) is 0 Å². The van der Waals surface area contributed by atoms with Crippen molar-refractivity contribution < 1.29 is 0 Å². The minimum Gasteiger partial charge on any atom is -0.314 e. The van der Waals surface area contributed by atoms with Gasteiger partial charge in [0.15, 0.2) is 0 Å². The molecule has 0 aliphatic carbocycles. The van der Waals surface area contributed by atoms with Crippen LogP contribution in [0.3, 0.4) is 0 Å². The lowest BCUT2D eigenvalue weighted by atomic mass is 10.3. The van der Waals surface area contributed by atoms with Gasteiger partial charge in [0, 0.05) is 6.54 Å². The summed E-state index contributed by atoms with van der Waals surface area (Å²) < 4.78 is 0. The van der Waals surface area contributed by atoms with Crippen LogP contribution in [0.15, 0.2) is 12.2 Å². The number of likely N-dealkylation sites (N-methyl/N-ethyl adjacent to an activating group) is 1. The van der Waals surface area contributed by atoms with E-state index in [2.05, 4.69) is 31.3 Å². The van der Waals surface area contributed by atoms with Crippen LogP contribution in [-0.4, -0.2) is 13.1 Å². The lowest BCUT2D eigenvalue weighted by Gasteiger charge is -1.91. The zero-order valence-electron chi connectivity index (χ0n) is 8.48. The number of rotatable bonds is 5. The maximum Gasteiger partial charge on any atom is 0.0134 e. The van der Waals surface area contributed by atoms with Crippen LogP contribution in [0.5, 0.6) is 0 Å². The molecule has 1 nitrogen and oxygen atoms in total. The summed E-state index contributed by atoms with van der Waals surface area (Å²) >= 11 is 0. The van der Waals surface area contributed by atoms with Crippen LogP contribution in [0.25, 0.3) is 0 Å². The molecule has 0 aromatic carbocycles. The van der Waals surface area contributed by atoms with Gasteiger partial charge in [-0.05, 0) is 13.0 Å². The Kier molecular flexibility index (Phi) is 19.8. The molecule has 0 aromatic heterocycles. The number of unbranched alkanes of at least 4 members (excludes halogenated alkanes) is 1. The zero-order valence-corrected chi connectivity index (χ0v) is 8.48. The third kappa shape index (κ3) is 17.7. The molecule has 0 saturated carbocycles. The Labute approximate surface area is 71.9 Å². The van der Waals surface area contributed by atoms with Crippen molar-refractivity contribution in [2.24, 2.45) is 0 Å². The van der Waals surface area contributed by atoms with Gasteiger partial charge in [0.05, 0.1) is 0 Å². The average Bonchev–Trinajstić information content (AvgIpc) is 2.08. The van der Waals surface area contributed by atoms with Crippen molar-refractivity contribution >= 4 is 0 Å². The van der Waals surface area contributed by atoms with E-state index in [1.807, 2.05) is 13.8 Å². The summed E-state index contributed by atoms with van der Waals surface area (Å²) in [6.07, 6.45) is 6.88. The molecule has 1 heteroatoms. The predicted octanol–water partition coefficient (Wildman–Crippen LogP) is 2.98. The van der Waals surface area contributed by atoms with Crippen LogP contribution in [0.1, 0.15) is 40.5 Å². The first kappa shape index (κ1) is 13.3. The van der Waals surface area contributed by atoms with E-state index in [1.165, 1.54) is 12.8 Å². The fourth-order valence-electron chi connectivity index (χ4n) is 0.596. The SMILES string of the molecule is CC.CCC/C=C\CNCC. The van der Waals surface area contributed by atoms with Gasteiger partial charge in [-0.1, -0.05) is 46.3 Å². The molecular weight excluding hydrogens is 134 g/mol. The molecule has 11 heavy (non-hydrogen) atoms. The average molecular weight is 157 g/mol. The van der Waals surface area contributed by atoms with Crippen LogP contribution in [0.2, 0.25) is 0 Å². The first-order valence-corrected chi connectivity index (χ1v) is 4.77. The summed E-state index contributed by atoms with van der Waals surface area (Å²) in [7, 11) is 0. The lowest BCUT2D eigenvalue weighted by Crippen LogP contribution is -2.11. The fourth-order valence-corrected chi connectivity index (χ4v) is 0.596. The smallest absolute Gasteiger partial charge is 0.0134 e. The van der Waals surface area contributed by atoms with Crippen molar-refractivity contribution in [1.29, 1.82) is 0 Å². The Morgan fingerprint density at radius 3 is 2.18 bits per heavy atom. The first-order chi connectivity index (χ1) is 5.41. The molecule has 0 aromatic rings. The van der Waals surface area contributed by atoms with Crippen molar-refractivity contribution in [2.75, 3.05) is 13.1 Å². The highest BCUT2D eigenvalue weighted by Crippen LogP contribution is 1.86. The monoisotopic (exact) mass is 157 g/mol. The second-order valence-corrected chi connectivity index (χ2v) is 2.07. The van der Waals surface area contributed by atoms with Gasteiger partial charge < -0.3 is 5.32 Å². The standard InChI is InChI=1S/C8H17N.C2H6/c1-3-5-6-7-8-9-4-2;1-2/h6-7,9H,3-5,8H2,1-2H3;1-2H3/b7-6-;. The zero-order chi connectivity index (χ0) is 8.95. The Morgan fingerprint density at radius 2 is 1.73 bits per heavy atom. The molecule has 0 bridgehead atoms. The Morgan fingerprint density at radius 1 is 1.09 bits per heavy atom. The van der Waals surface area contributed by atoms with Crippen LogP contribution in [-0.2, 0) is 0 Å². The Hall–Kier alpha value is -0.300. The van der Waals surface area contributed by atoms with Gasteiger partial charge in [-0.3, -0.25) is 0 Å². The van der Waals surface area contributed by atoms with Crippen molar-refractivity contribution in [2.45, 2.75) is 40.5 Å². The lowest BCUT2D eigenvalue weighted by molar-refractivity contribution is 0.795. The van der Waals surface area contributed by atoms with Crippen LogP contribution < -0.4 is 5.32 Å². The maximum atomic E-state index is 3.22. The molecule has 0 unspecified atom stereocenters. The summed E-state index contributed by atoms with van der Waals surface area (Å²) in [6.45, 7) is 10.4. The van der Waals surface area contributed by atoms with Crippen LogP contribution in [0, 0.1) is 0 Å².